The molecule has 0 atom stereocenters. The highest BCUT2D eigenvalue weighted by Gasteiger charge is 2.06. The first-order valence-corrected chi connectivity index (χ1v) is 8.01. The molecule has 0 bridgehead atoms. The molecule has 0 heterocycles. The number of halogens is 1. The number of ether oxygens (including phenoxy) is 1. The van der Waals surface area contributed by atoms with Crippen LogP contribution in [0, 0.1) is 6.92 Å². The Labute approximate surface area is 139 Å². The summed E-state index contributed by atoms with van der Waals surface area (Å²) in [5.74, 6) is 0.656. The highest BCUT2D eigenvalue weighted by atomic mass is 79.9. The van der Waals surface area contributed by atoms with Crippen LogP contribution in [0.2, 0.25) is 0 Å². The predicted octanol–water partition coefficient (Wildman–Crippen LogP) is 5.50. The summed E-state index contributed by atoms with van der Waals surface area (Å²) in [5, 5.41) is 0. The summed E-state index contributed by atoms with van der Waals surface area (Å²) >= 11 is 3.40. The first-order valence-electron chi connectivity index (χ1n) is 7.21. The summed E-state index contributed by atoms with van der Waals surface area (Å²) < 4.78 is 6.32. The van der Waals surface area contributed by atoms with Gasteiger partial charge in [0.2, 0.25) is 0 Å². The van der Waals surface area contributed by atoms with Crippen LogP contribution in [-0.2, 0) is 4.79 Å². The zero-order chi connectivity index (χ0) is 16.1. The van der Waals surface area contributed by atoms with Gasteiger partial charge in [0.25, 0.3) is 0 Å². The summed E-state index contributed by atoms with van der Waals surface area (Å²) in [7, 11) is 0. The van der Waals surface area contributed by atoms with E-state index in [1.807, 2.05) is 49.4 Å². The van der Waals surface area contributed by atoms with E-state index in [9.17, 15) is 4.79 Å². The third-order valence-electron chi connectivity index (χ3n) is 3.34. The number of carbonyl (C=O) groups excluding carboxylic acids is 1. The van der Waals surface area contributed by atoms with Crippen molar-refractivity contribution in [3.05, 3.63) is 69.7 Å². The van der Waals surface area contributed by atoms with Gasteiger partial charge < -0.3 is 4.74 Å². The van der Waals surface area contributed by atoms with Gasteiger partial charge in [-0.3, -0.25) is 0 Å². The number of hydrogen-bond donors (Lipinski definition) is 0. The molecular formula is C19H19BrO2. The lowest BCUT2D eigenvalue weighted by molar-refractivity contribution is -0.128. The lowest BCUT2D eigenvalue weighted by Crippen LogP contribution is -2.04. The Morgan fingerprint density at radius 2 is 1.95 bits per heavy atom. The molecule has 3 heteroatoms. The van der Waals surface area contributed by atoms with Crippen molar-refractivity contribution in [1.82, 2.24) is 0 Å². The Morgan fingerprint density at radius 1 is 1.18 bits per heavy atom. The molecule has 0 saturated carbocycles. The minimum Gasteiger partial charge on any atom is -0.423 e. The first-order chi connectivity index (χ1) is 10.5. The maximum atomic E-state index is 11.9. The van der Waals surface area contributed by atoms with Gasteiger partial charge in [-0.15, -0.1) is 0 Å². The van der Waals surface area contributed by atoms with E-state index in [4.69, 9.17) is 4.74 Å². The molecule has 0 aliphatic carbocycles. The van der Waals surface area contributed by atoms with Crippen LogP contribution < -0.4 is 4.74 Å². The van der Waals surface area contributed by atoms with Gasteiger partial charge in [-0.1, -0.05) is 48.0 Å². The van der Waals surface area contributed by atoms with Gasteiger partial charge in [0, 0.05) is 10.5 Å². The van der Waals surface area contributed by atoms with Gasteiger partial charge in [0.15, 0.2) is 0 Å². The highest BCUT2D eigenvalue weighted by molar-refractivity contribution is 9.10. The van der Waals surface area contributed by atoms with Crippen LogP contribution >= 0.6 is 15.9 Å². The largest absolute Gasteiger partial charge is 0.423 e. The average molecular weight is 359 g/mol. The molecular weight excluding hydrogens is 340 g/mol. The van der Waals surface area contributed by atoms with Crippen molar-refractivity contribution in [3.8, 4) is 5.75 Å². The molecule has 0 aromatic heterocycles. The van der Waals surface area contributed by atoms with Crippen molar-refractivity contribution >= 4 is 28.0 Å². The van der Waals surface area contributed by atoms with E-state index in [-0.39, 0.29) is 5.97 Å². The fraction of sp³-hybridized carbons (Fsp3) is 0.211. The number of rotatable bonds is 4. The van der Waals surface area contributed by atoms with Crippen molar-refractivity contribution in [2.24, 2.45) is 0 Å². The van der Waals surface area contributed by atoms with Crippen LogP contribution in [-0.4, -0.2) is 5.97 Å². The first kappa shape index (κ1) is 16.5. The Kier molecular flexibility index (Phi) is 5.56. The van der Waals surface area contributed by atoms with Crippen molar-refractivity contribution in [2.45, 2.75) is 26.7 Å². The monoisotopic (exact) mass is 358 g/mol. The van der Waals surface area contributed by atoms with Crippen LogP contribution in [0.4, 0.5) is 0 Å². The molecule has 0 spiro atoms. The topological polar surface area (TPSA) is 26.3 Å². The van der Waals surface area contributed by atoms with Gasteiger partial charge >= 0.3 is 5.97 Å². The molecule has 0 unspecified atom stereocenters. The minimum absolute atomic E-state index is 0.378. The summed E-state index contributed by atoms with van der Waals surface area (Å²) in [6, 6.07) is 13.5. The molecule has 0 fully saturated rings. The van der Waals surface area contributed by atoms with E-state index in [1.54, 1.807) is 6.08 Å². The summed E-state index contributed by atoms with van der Waals surface area (Å²) in [6.45, 7) is 6.33. The van der Waals surface area contributed by atoms with E-state index >= 15 is 0 Å². The van der Waals surface area contributed by atoms with E-state index < -0.39 is 0 Å². The summed E-state index contributed by atoms with van der Waals surface area (Å²) in [4.78, 5) is 11.9. The SMILES string of the molecule is Cc1cc(OC(=O)/C=C/c2cccc(Br)c2)ccc1C(C)C. The predicted molar refractivity (Wildman–Crippen MR) is 94.1 cm³/mol. The number of esters is 1. The summed E-state index contributed by atoms with van der Waals surface area (Å²) in [5.41, 5.74) is 3.35. The van der Waals surface area contributed by atoms with E-state index in [2.05, 4.69) is 29.8 Å². The Morgan fingerprint density at radius 3 is 2.59 bits per heavy atom. The van der Waals surface area contributed by atoms with Gasteiger partial charge in [-0.25, -0.2) is 4.79 Å². The second-order valence-corrected chi connectivity index (χ2v) is 6.40. The molecule has 2 nitrogen and oxygen atoms in total. The number of carbonyl (C=O) groups is 1. The Hall–Kier alpha value is -1.87. The molecule has 0 saturated heterocycles. The number of benzene rings is 2. The van der Waals surface area contributed by atoms with Crippen molar-refractivity contribution in [1.29, 1.82) is 0 Å². The maximum Gasteiger partial charge on any atom is 0.336 e. The molecule has 0 aliphatic heterocycles. The molecule has 0 radical (unpaired) electrons. The average Bonchev–Trinajstić information content (AvgIpc) is 2.45. The molecule has 114 valence electrons. The second kappa shape index (κ2) is 7.41. The quantitative estimate of drug-likeness (QED) is 0.409. The van der Waals surface area contributed by atoms with Crippen LogP contribution in [0.25, 0.3) is 6.08 Å². The fourth-order valence-corrected chi connectivity index (χ4v) is 2.70. The smallest absolute Gasteiger partial charge is 0.336 e. The van der Waals surface area contributed by atoms with Gasteiger partial charge in [-0.05, 0) is 59.9 Å². The minimum atomic E-state index is -0.378. The third kappa shape index (κ3) is 4.57. The van der Waals surface area contributed by atoms with Gasteiger partial charge in [0.05, 0.1) is 0 Å². The lowest BCUT2D eigenvalue weighted by Gasteiger charge is -2.11. The van der Waals surface area contributed by atoms with Crippen LogP contribution in [0.5, 0.6) is 5.75 Å². The third-order valence-corrected chi connectivity index (χ3v) is 3.84. The molecule has 0 amide bonds. The standard InChI is InChI=1S/C19H19BrO2/c1-13(2)18-9-8-17(11-14(18)3)22-19(21)10-7-15-5-4-6-16(20)12-15/h4-13H,1-3H3/b10-7+. The second-order valence-electron chi connectivity index (χ2n) is 5.48. The molecule has 2 rings (SSSR count). The van der Waals surface area contributed by atoms with Crippen LogP contribution in [0.1, 0.15) is 36.5 Å². The molecule has 0 N–H and O–H groups in total. The molecule has 2 aromatic rings. The Bertz CT molecular complexity index is 702. The Balaban J connectivity index is 2.04. The van der Waals surface area contributed by atoms with Crippen molar-refractivity contribution < 1.29 is 9.53 Å². The zero-order valence-corrected chi connectivity index (χ0v) is 14.6. The fourth-order valence-electron chi connectivity index (χ4n) is 2.28. The zero-order valence-electron chi connectivity index (χ0n) is 13.0. The summed E-state index contributed by atoms with van der Waals surface area (Å²) in [6.07, 6.45) is 3.18. The van der Waals surface area contributed by atoms with Crippen LogP contribution in [0.3, 0.4) is 0 Å². The normalized spacial score (nSPS) is 11.1. The van der Waals surface area contributed by atoms with Gasteiger partial charge in [0.1, 0.15) is 5.75 Å². The van der Waals surface area contributed by atoms with Crippen LogP contribution in [0.15, 0.2) is 53.0 Å². The number of aryl methyl sites for hydroxylation is 1. The highest BCUT2D eigenvalue weighted by Crippen LogP contribution is 2.23. The number of hydrogen-bond acceptors (Lipinski definition) is 2. The molecule has 2 aromatic carbocycles. The van der Waals surface area contributed by atoms with Crippen molar-refractivity contribution in [2.75, 3.05) is 0 Å². The molecule has 0 aliphatic rings. The molecule has 22 heavy (non-hydrogen) atoms. The van der Waals surface area contributed by atoms with E-state index in [0.717, 1.165) is 15.6 Å². The van der Waals surface area contributed by atoms with E-state index in [0.29, 0.717) is 11.7 Å². The van der Waals surface area contributed by atoms with Crippen molar-refractivity contribution in [3.63, 3.8) is 0 Å². The maximum absolute atomic E-state index is 11.9. The van der Waals surface area contributed by atoms with E-state index in [1.165, 1.54) is 11.6 Å². The lowest BCUT2D eigenvalue weighted by atomic mass is 9.98. The van der Waals surface area contributed by atoms with Gasteiger partial charge in [-0.2, -0.15) is 0 Å².